The molecule has 0 aliphatic heterocycles. The van der Waals surface area contributed by atoms with E-state index in [1.165, 1.54) is 0 Å². The number of carbonyl (C=O) groups is 1. The molecule has 0 aliphatic rings. The molecule has 3 rings (SSSR count). The van der Waals surface area contributed by atoms with Gasteiger partial charge in [-0.05, 0) is 29.7 Å². The van der Waals surface area contributed by atoms with Gasteiger partial charge in [0, 0.05) is 6.20 Å². The third kappa shape index (κ3) is 4.57. The van der Waals surface area contributed by atoms with Crippen molar-refractivity contribution in [2.45, 2.75) is 32.2 Å². The van der Waals surface area contributed by atoms with Crippen LogP contribution in [0.4, 0.5) is 0 Å². The average Bonchev–Trinajstić information content (AvgIpc) is 3.11. The predicted octanol–water partition coefficient (Wildman–Crippen LogP) is 4.07. The van der Waals surface area contributed by atoms with Crippen LogP contribution in [0.2, 0.25) is 0 Å². The number of para-hydroxylation sites is 1. The fourth-order valence-electron chi connectivity index (χ4n) is 2.90. The van der Waals surface area contributed by atoms with Gasteiger partial charge in [0.25, 0.3) is 0 Å². The third-order valence-corrected chi connectivity index (χ3v) is 4.14. The monoisotopic (exact) mass is 333 g/mol. The van der Waals surface area contributed by atoms with Crippen molar-refractivity contribution in [3.05, 3.63) is 84.2 Å². The normalized spacial score (nSPS) is 11.9. The van der Waals surface area contributed by atoms with E-state index in [1.54, 1.807) is 10.9 Å². The highest BCUT2D eigenvalue weighted by Gasteiger charge is 2.14. The van der Waals surface area contributed by atoms with Crippen molar-refractivity contribution in [2.24, 2.45) is 0 Å². The van der Waals surface area contributed by atoms with Gasteiger partial charge >= 0.3 is 0 Å². The van der Waals surface area contributed by atoms with E-state index in [2.05, 4.69) is 29.5 Å². The van der Waals surface area contributed by atoms with Crippen molar-refractivity contribution < 1.29 is 4.79 Å². The fraction of sp³-hybridized carbons (Fsp3) is 0.238. The van der Waals surface area contributed by atoms with Gasteiger partial charge in [0.1, 0.15) is 0 Å². The number of carbonyl (C=O) groups excluding carboxylic acids is 1. The summed E-state index contributed by atoms with van der Waals surface area (Å²) in [6, 6.07) is 20.1. The van der Waals surface area contributed by atoms with Crippen LogP contribution in [-0.4, -0.2) is 15.7 Å². The van der Waals surface area contributed by atoms with Crippen molar-refractivity contribution in [2.75, 3.05) is 0 Å². The topological polar surface area (TPSA) is 46.9 Å². The molecule has 4 heteroatoms. The second-order valence-corrected chi connectivity index (χ2v) is 6.12. The van der Waals surface area contributed by atoms with Crippen LogP contribution in [-0.2, 0) is 11.2 Å². The highest BCUT2D eigenvalue weighted by Crippen LogP contribution is 2.18. The maximum absolute atomic E-state index is 12.5. The van der Waals surface area contributed by atoms with Gasteiger partial charge in [-0.25, -0.2) is 4.68 Å². The first kappa shape index (κ1) is 17.0. The lowest BCUT2D eigenvalue weighted by Crippen LogP contribution is -2.29. The van der Waals surface area contributed by atoms with Crippen molar-refractivity contribution in [3.8, 4) is 5.69 Å². The summed E-state index contributed by atoms with van der Waals surface area (Å²) in [5.41, 5.74) is 3.05. The summed E-state index contributed by atoms with van der Waals surface area (Å²) < 4.78 is 1.79. The summed E-state index contributed by atoms with van der Waals surface area (Å²) in [7, 11) is 0. The second-order valence-electron chi connectivity index (χ2n) is 6.12. The quantitative estimate of drug-likeness (QED) is 0.708. The molecule has 2 aromatic carbocycles. The van der Waals surface area contributed by atoms with Crippen LogP contribution in [0.15, 0.2) is 73.1 Å². The zero-order valence-electron chi connectivity index (χ0n) is 14.4. The Bertz CT molecular complexity index is 796. The minimum Gasteiger partial charge on any atom is -0.349 e. The molecule has 4 nitrogen and oxygen atoms in total. The van der Waals surface area contributed by atoms with Gasteiger partial charge in [0.2, 0.25) is 5.91 Å². The number of nitrogens with one attached hydrogen (secondary N) is 1. The molecule has 1 aromatic heterocycles. The summed E-state index contributed by atoms with van der Waals surface area (Å²) in [6.45, 7) is 2.13. The Morgan fingerprint density at radius 3 is 2.44 bits per heavy atom. The largest absolute Gasteiger partial charge is 0.349 e. The van der Waals surface area contributed by atoms with Crippen LogP contribution in [0.3, 0.4) is 0 Å². The molecule has 0 aliphatic carbocycles. The van der Waals surface area contributed by atoms with E-state index in [-0.39, 0.29) is 11.9 Å². The Morgan fingerprint density at radius 1 is 1.08 bits per heavy atom. The fourth-order valence-corrected chi connectivity index (χ4v) is 2.90. The molecule has 1 heterocycles. The first-order valence-electron chi connectivity index (χ1n) is 8.69. The van der Waals surface area contributed by atoms with Crippen molar-refractivity contribution >= 4 is 5.91 Å². The highest BCUT2D eigenvalue weighted by atomic mass is 16.1. The number of hydrogen-bond acceptors (Lipinski definition) is 2. The van der Waals surface area contributed by atoms with Gasteiger partial charge in [-0.1, -0.05) is 61.9 Å². The Kier molecular flexibility index (Phi) is 5.62. The van der Waals surface area contributed by atoms with E-state index >= 15 is 0 Å². The van der Waals surface area contributed by atoms with Gasteiger partial charge in [-0.15, -0.1) is 0 Å². The Morgan fingerprint density at radius 2 is 1.76 bits per heavy atom. The zero-order chi connectivity index (χ0) is 17.5. The molecule has 0 bridgehead atoms. The summed E-state index contributed by atoms with van der Waals surface area (Å²) >= 11 is 0. The predicted molar refractivity (Wildman–Crippen MR) is 99.5 cm³/mol. The summed E-state index contributed by atoms with van der Waals surface area (Å²) in [5, 5.41) is 7.51. The molecule has 0 fully saturated rings. The maximum atomic E-state index is 12.5. The summed E-state index contributed by atoms with van der Waals surface area (Å²) in [4.78, 5) is 12.5. The molecule has 0 spiro atoms. The first-order valence-corrected chi connectivity index (χ1v) is 8.69. The lowest BCUT2D eigenvalue weighted by atomic mass is 10.0. The number of nitrogens with zero attached hydrogens (tertiary/aromatic N) is 2. The molecule has 0 saturated carbocycles. The molecule has 0 unspecified atom stereocenters. The molecule has 3 aromatic rings. The van der Waals surface area contributed by atoms with Gasteiger partial charge in [0.05, 0.1) is 24.3 Å². The smallest absolute Gasteiger partial charge is 0.225 e. The molecule has 128 valence electrons. The van der Waals surface area contributed by atoms with Crippen molar-refractivity contribution in [3.63, 3.8) is 0 Å². The van der Waals surface area contributed by atoms with Crippen LogP contribution < -0.4 is 5.32 Å². The minimum atomic E-state index is 0.0231. The zero-order valence-corrected chi connectivity index (χ0v) is 14.4. The van der Waals surface area contributed by atoms with E-state index in [4.69, 9.17) is 0 Å². The van der Waals surface area contributed by atoms with Crippen LogP contribution in [0, 0.1) is 0 Å². The SMILES string of the molecule is CCC[C@H](NC(=O)Cc1cnn(-c2ccccc2)c1)c1ccccc1. The molecule has 1 N–H and O–H groups in total. The van der Waals surface area contributed by atoms with Crippen LogP contribution in [0.5, 0.6) is 0 Å². The molecular weight excluding hydrogens is 310 g/mol. The van der Waals surface area contributed by atoms with E-state index in [9.17, 15) is 4.79 Å². The third-order valence-electron chi connectivity index (χ3n) is 4.14. The standard InChI is InChI=1S/C21H23N3O/c1-2-9-20(18-10-5-3-6-11-18)23-21(25)14-17-15-22-24(16-17)19-12-7-4-8-13-19/h3-8,10-13,15-16,20H,2,9,14H2,1H3,(H,23,25)/t20-/m0/s1. The number of rotatable bonds is 7. The van der Waals surface area contributed by atoms with Gasteiger partial charge in [-0.3, -0.25) is 4.79 Å². The van der Waals surface area contributed by atoms with Gasteiger partial charge in [0.15, 0.2) is 0 Å². The Labute approximate surface area is 148 Å². The van der Waals surface area contributed by atoms with Crippen LogP contribution in [0.1, 0.15) is 36.9 Å². The van der Waals surface area contributed by atoms with E-state index in [1.807, 2.05) is 54.7 Å². The van der Waals surface area contributed by atoms with Crippen molar-refractivity contribution in [1.29, 1.82) is 0 Å². The summed E-state index contributed by atoms with van der Waals surface area (Å²) in [5.74, 6) is 0.0231. The number of benzene rings is 2. The molecular formula is C21H23N3O. The number of amides is 1. The molecule has 1 amide bonds. The maximum Gasteiger partial charge on any atom is 0.225 e. The first-order chi connectivity index (χ1) is 12.3. The minimum absolute atomic E-state index is 0.0231. The molecule has 25 heavy (non-hydrogen) atoms. The summed E-state index contributed by atoms with van der Waals surface area (Å²) in [6.07, 6.45) is 5.95. The lowest BCUT2D eigenvalue weighted by molar-refractivity contribution is -0.121. The molecule has 1 atom stereocenters. The average molecular weight is 333 g/mol. The molecule has 0 saturated heterocycles. The van der Waals surface area contributed by atoms with E-state index in [0.717, 1.165) is 29.7 Å². The Hall–Kier alpha value is -2.88. The van der Waals surface area contributed by atoms with Crippen LogP contribution in [0.25, 0.3) is 5.69 Å². The number of hydrogen-bond donors (Lipinski definition) is 1. The van der Waals surface area contributed by atoms with Gasteiger partial charge < -0.3 is 5.32 Å². The van der Waals surface area contributed by atoms with E-state index in [0.29, 0.717) is 6.42 Å². The second kappa shape index (κ2) is 8.29. The Balaban J connectivity index is 1.65. The van der Waals surface area contributed by atoms with E-state index < -0.39 is 0 Å². The number of aromatic nitrogens is 2. The van der Waals surface area contributed by atoms with Gasteiger partial charge in [-0.2, -0.15) is 5.10 Å². The highest BCUT2D eigenvalue weighted by molar-refractivity contribution is 5.78. The molecule has 0 radical (unpaired) electrons. The lowest BCUT2D eigenvalue weighted by Gasteiger charge is -2.18. The van der Waals surface area contributed by atoms with Crippen LogP contribution >= 0.6 is 0 Å². The van der Waals surface area contributed by atoms with Crippen molar-refractivity contribution in [1.82, 2.24) is 15.1 Å².